The maximum Gasteiger partial charge on any atom is 0.259 e. The van der Waals surface area contributed by atoms with Gasteiger partial charge in [0.15, 0.2) is 17.3 Å². The molecule has 2 aliphatic heterocycles. The number of hydrogen-bond acceptors (Lipinski definition) is 8. The second-order valence-corrected chi connectivity index (χ2v) is 8.97. The van der Waals surface area contributed by atoms with Crippen molar-refractivity contribution in [3.05, 3.63) is 84.6 Å². The van der Waals surface area contributed by atoms with Gasteiger partial charge in [0.05, 0.1) is 12.8 Å². The van der Waals surface area contributed by atoms with Crippen LogP contribution in [0.2, 0.25) is 0 Å². The number of methoxy groups -OCH3 is 1. The first-order valence-electron chi connectivity index (χ1n) is 12.5. The predicted molar refractivity (Wildman–Crippen MR) is 144 cm³/mol. The van der Waals surface area contributed by atoms with Crippen LogP contribution < -0.4 is 24.4 Å². The van der Waals surface area contributed by atoms with Gasteiger partial charge in [0.2, 0.25) is 6.79 Å². The molecule has 1 amide bonds. The molecule has 0 atom stereocenters. The number of ether oxygens (including phenoxy) is 3. The minimum Gasteiger partial charge on any atom is -0.495 e. The number of carbonyl (C=O) groups is 1. The highest BCUT2D eigenvalue weighted by atomic mass is 16.7. The molecule has 1 fully saturated rings. The van der Waals surface area contributed by atoms with Gasteiger partial charge in [-0.05, 0) is 42.5 Å². The Morgan fingerprint density at radius 3 is 2.50 bits per heavy atom. The Morgan fingerprint density at radius 2 is 1.68 bits per heavy atom. The van der Waals surface area contributed by atoms with Gasteiger partial charge in [0, 0.05) is 43.6 Å². The van der Waals surface area contributed by atoms with E-state index in [4.69, 9.17) is 19.2 Å². The molecule has 9 nitrogen and oxygen atoms in total. The molecule has 1 N–H and O–H groups in total. The first kappa shape index (κ1) is 23.6. The lowest BCUT2D eigenvalue weighted by Crippen LogP contribution is -2.49. The average molecular weight is 510 g/mol. The van der Waals surface area contributed by atoms with E-state index in [0.717, 1.165) is 22.7 Å². The summed E-state index contributed by atoms with van der Waals surface area (Å²) in [6, 6.07) is 23.2. The van der Waals surface area contributed by atoms with Gasteiger partial charge in [-0.15, -0.1) is 0 Å². The van der Waals surface area contributed by atoms with Crippen LogP contribution in [0.5, 0.6) is 17.2 Å². The number of carbonyl (C=O) groups excluding carboxylic acids is 1. The summed E-state index contributed by atoms with van der Waals surface area (Å²) in [5.41, 5.74) is 3.06. The van der Waals surface area contributed by atoms with Crippen LogP contribution in [-0.4, -0.2) is 60.9 Å². The summed E-state index contributed by atoms with van der Waals surface area (Å²) in [4.78, 5) is 27.1. The first-order valence-corrected chi connectivity index (χ1v) is 12.5. The third-order valence-corrected chi connectivity index (χ3v) is 6.68. The van der Waals surface area contributed by atoms with Gasteiger partial charge in [-0.2, -0.15) is 0 Å². The molecule has 3 heterocycles. The molecule has 2 aliphatic rings. The molecule has 0 saturated carbocycles. The number of benzene rings is 3. The van der Waals surface area contributed by atoms with Crippen LogP contribution in [0, 0.1) is 0 Å². The molecule has 1 saturated heterocycles. The molecule has 9 heteroatoms. The third kappa shape index (κ3) is 4.66. The van der Waals surface area contributed by atoms with Crippen molar-refractivity contribution in [2.75, 3.05) is 50.3 Å². The minimum atomic E-state index is -0.111. The second kappa shape index (κ2) is 10.3. The van der Waals surface area contributed by atoms with Crippen molar-refractivity contribution in [2.45, 2.75) is 0 Å². The largest absolute Gasteiger partial charge is 0.495 e. The Hall–Kier alpha value is -4.79. The highest BCUT2D eigenvalue weighted by molar-refractivity contribution is 5.99. The van der Waals surface area contributed by atoms with Crippen LogP contribution >= 0.6 is 0 Å². The molecule has 3 aromatic carbocycles. The predicted octanol–water partition coefficient (Wildman–Crippen LogP) is 4.59. The molecule has 0 radical (unpaired) electrons. The van der Waals surface area contributed by atoms with Crippen molar-refractivity contribution in [3.63, 3.8) is 0 Å². The number of para-hydroxylation sites is 3. The van der Waals surface area contributed by atoms with Gasteiger partial charge >= 0.3 is 0 Å². The summed E-state index contributed by atoms with van der Waals surface area (Å²) in [5.74, 6) is 3.00. The molecule has 0 unspecified atom stereocenters. The molecule has 1 aromatic heterocycles. The Kier molecular flexibility index (Phi) is 6.39. The van der Waals surface area contributed by atoms with Crippen LogP contribution in [-0.2, 0) is 0 Å². The van der Waals surface area contributed by atoms with Gasteiger partial charge in [-0.25, -0.2) is 9.97 Å². The zero-order valence-corrected chi connectivity index (χ0v) is 21.0. The fourth-order valence-corrected chi connectivity index (χ4v) is 4.68. The van der Waals surface area contributed by atoms with Crippen LogP contribution in [0.25, 0.3) is 11.4 Å². The van der Waals surface area contributed by atoms with E-state index < -0.39 is 0 Å². The number of nitrogens with zero attached hydrogens (tertiary/aromatic N) is 4. The number of nitrogens with one attached hydrogen (secondary N) is 1. The summed E-state index contributed by atoms with van der Waals surface area (Å²) >= 11 is 0. The number of hydrogen-bond donors (Lipinski definition) is 1. The number of anilines is 3. The number of piperazine rings is 1. The fourth-order valence-electron chi connectivity index (χ4n) is 4.68. The van der Waals surface area contributed by atoms with Crippen molar-refractivity contribution in [1.82, 2.24) is 14.9 Å². The summed E-state index contributed by atoms with van der Waals surface area (Å²) < 4.78 is 16.5. The molecular weight excluding hydrogens is 482 g/mol. The van der Waals surface area contributed by atoms with Gasteiger partial charge in [-0.3, -0.25) is 4.79 Å². The molecule has 192 valence electrons. The van der Waals surface area contributed by atoms with Crippen molar-refractivity contribution in [3.8, 4) is 28.6 Å². The standard InChI is InChI=1S/C29H27N5O4/c1-36-24-10-6-5-9-23(24)33-13-15-34(16-14-33)29(35)22-18-30-27(20-11-12-25-26(17-20)38-19-37-25)32-28(22)31-21-7-3-2-4-8-21/h2-12,17-18H,13-16,19H2,1H3,(H,30,31,32). The summed E-state index contributed by atoms with van der Waals surface area (Å²) in [6.45, 7) is 2.74. The number of aromatic nitrogens is 2. The smallest absolute Gasteiger partial charge is 0.259 e. The van der Waals surface area contributed by atoms with Crippen LogP contribution in [0.1, 0.15) is 10.4 Å². The molecule has 38 heavy (non-hydrogen) atoms. The fraction of sp³-hybridized carbons (Fsp3) is 0.207. The van der Waals surface area contributed by atoms with E-state index in [1.165, 1.54) is 0 Å². The Bertz CT molecular complexity index is 1450. The monoisotopic (exact) mass is 509 g/mol. The van der Waals surface area contributed by atoms with Gasteiger partial charge in [0.25, 0.3) is 5.91 Å². The number of amides is 1. The zero-order chi connectivity index (χ0) is 25.9. The summed E-state index contributed by atoms with van der Waals surface area (Å²) in [5, 5.41) is 3.32. The maximum absolute atomic E-state index is 13.7. The van der Waals surface area contributed by atoms with Crippen molar-refractivity contribution in [2.24, 2.45) is 0 Å². The summed E-state index contributed by atoms with van der Waals surface area (Å²) in [7, 11) is 1.67. The Balaban J connectivity index is 1.26. The highest BCUT2D eigenvalue weighted by Gasteiger charge is 2.27. The normalized spacial score (nSPS) is 14.3. The van der Waals surface area contributed by atoms with Crippen molar-refractivity contribution >= 4 is 23.1 Å². The highest BCUT2D eigenvalue weighted by Crippen LogP contribution is 2.36. The van der Waals surface area contributed by atoms with E-state index in [2.05, 4.69) is 15.2 Å². The summed E-state index contributed by atoms with van der Waals surface area (Å²) in [6.07, 6.45) is 1.60. The Labute approximate surface area is 220 Å². The number of fused-ring (bicyclic) bond motifs is 1. The van der Waals surface area contributed by atoms with E-state index in [1.807, 2.05) is 77.7 Å². The lowest BCUT2D eigenvalue weighted by Gasteiger charge is -2.36. The second-order valence-electron chi connectivity index (χ2n) is 8.97. The van der Waals surface area contributed by atoms with E-state index >= 15 is 0 Å². The SMILES string of the molecule is COc1ccccc1N1CCN(C(=O)c2cnc(-c3ccc4c(c3)OCO4)nc2Nc2ccccc2)CC1. The minimum absolute atomic E-state index is 0.111. The molecule has 0 spiro atoms. The van der Waals surface area contributed by atoms with Crippen molar-refractivity contribution in [1.29, 1.82) is 0 Å². The van der Waals surface area contributed by atoms with Gasteiger partial charge in [-0.1, -0.05) is 30.3 Å². The van der Waals surface area contributed by atoms with Crippen LogP contribution in [0.3, 0.4) is 0 Å². The van der Waals surface area contributed by atoms with Crippen LogP contribution in [0.15, 0.2) is 79.0 Å². The molecule has 6 rings (SSSR count). The maximum atomic E-state index is 13.7. The van der Waals surface area contributed by atoms with Gasteiger partial charge in [0.1, 0.15) is 17.1 Å². The van der Waals surface area contributed by atoms with Crippen LogP contribution in [0.4, 0.5) is 17.2 Å². The Morgan fingerprint density at radius 1 is 0.921 bits per heavy atom. The van der Waals surface area contributed by atoms with E-state index in [-0.39, 0.29) is 12.7 Å². The molecular formula is C29H27N5O4. The van der Waals surface area contributed by atoms with E-state index in [0.29, 0.717) is 54.9 Å². The lowest BCUT2D eigenvalue weighted by molar-refractivity contribution is 0.0747. The molecule has 4 aromatic rings. The topological polar surface area (TPSA) is 89.1 Å². The quantitative estimate of drug-likeness (QED) is 0.404. The number of rotatable bonds is 6. The van der Waals surface area contributed by atoms with E-state index in [1.54, 1.807) is 13.3 Å². The first-order chi connectivity index (χ1) is 18.7. The zero-order valence-electron chi connectivity index (χ0n) is 21.0. The van der Waals surface area contributed by atoms with E-state index in [9.17, 15) is 4.79 Å². The average Bonchev–Trinajstić information content (AvgIpc) is 3.46. The molecule has 0 bridgehead atoms. The lowest BCUT2D eigenvalue weighted by atomic mass is 10.1. The third-order valence-electron chi connectivity index (χ3n) is 6.68. The van der Waals surface area contributed by atoms with Crippen molar-refractivity contribution < 1.29 is 19.0 Å². The van der Waals surface area contributed by atoms with Gasteiger partial charge < -0.3 is 29.3 Å². The molecule has 0 aliphatic carbocycles.